The van der Waals surface area contributed by atoms with Gasteiger partial charge in [0, 0.05) is 5.92 Å². The summed E-state index contributed by atoms with van der Waals surface area (Å²) < 4.78 is 6.22. The number of carbonyl (C=O) groups is 1. The van der Waals surface area contributed by atoms with Gasteiger partial charge in [0.1, 0.15) is 5.60 Å². The SMILES string of the molecule is CCC(C)C(=O)OC1(C(C)C)CC2CC1C1CCCC21. The molecule has 2 heteroatoms. The fourth-order valence-electron chi connectivity index (χ4n) is 5.49. The Hall–Kier alpha value is -0.530. The smallest absolute Gasteiger partial charge is 0.309 e. The monoisotopic (exact) mass is 278 g/mol. The molecule has 114 valence electrons. The largest absolute Gasteiger partial charge is 0.458 e. The Morgan fingerprint density at radius 2 is 1.95 bits per heavy atom. The molecule has 0 aromatic rings. The standard InChI is InChI=1S/C18H30O2/c1-5-12(4)17(19)20-18(11(2)3)10-13-9-16(18)15-8-6-7-14(13)15/h11-16H,5-10H2,1-4H3. The number of ether oxygens (including phenoxy) is 1. The maximum Gasteiger partial charge on any atom is 0.309 e. The van der Waals surface area contributed by atoms with Crippen molar-refractivity contribution in [2.45, 2.75) is 71.8 Å². The zero-order valence-electron chi connectivity index (χ0n) is 13.5. The second-order valence-electron chi connectivity index (χ2n) is 7.91. The van der Waals surface area contributed by atoms with Gasteiger partial charge in [0.25, 0.3) is 0 Å². The first kappa shape index (κ1) is 14.4. The average Bonchev–Trinajstić information content (AvgIpc) is 3.08. The van der Waals surface area contributed by atoms with E-state index >= 15 is 0 Å². The lowest BCUT2D eigenvalue weighted by molar-refractivity contribution is -0.182. The Bertz CT molecular complexity index is 389. The molecule has 0 radical (unpaired) electrons. The molecule has 3 saturated carbocycles. The Balaban J connectivity index is 1.82. The van der Waals surface area contributed by atoms with Crippen LogP contribution in [0, 0.1) is 35.5 Å². The lowest BCUT2D eigenvalue weighted by atomic mass is 9.68. The van der Waals surface area contributed by atoms with Crippen LogP contribution in [0.4, 0.5) is 0 Å². The van der Waals surface area contributed by atoms with Gasteiger partial charge in [-0.05, 0) is 55.8 Å². The van der Waals surface area contributed by atoms with Crippen molar-refractivity contribution in [2.24, 2.45) is 35.5 Å². The summed E-state index contributed by atoms with van der Waals surface area (Å²) in [6, 6.07) is 0. The van der Waals surface area contributed by atoms with Gasteiger partial charge in [-0.25, -0.2) is 0 Å². The van der Waals surface area contributed by atoms with E-state index in [0.717, 1.165) is 30.6 Å². The van der Waals surface area contributed by atoms with Crippen molar-refractivity contribution < 1.29 is 9.53 Å². The third-order valence-corrected chi connectivity index (χ3v) is 6.80. The van der Waals surface area contributed by atoms with Crippen molar-refractivity contribution in [3.05, 3.63) is 0 Å². The molecule has 6 atom stereocenters. The van der Waals surface area contributed by atoms with Gasteiger partial charge in [0.2, 0.25) is 0 Å². The number of rotatable bonds is 4. The van der Waals surface area contributed by atoms with Gasteiger partial charge in [-0.3, -0.25) is 4.79 Å². The maximum absolute atomic E-state index is 12.4. The van der Waals surface area contributed by atoms with Gasteiger partial charge < -0.3 is 4.74 Å². The minimum Gasteiger partial charge on any atom is -0.458 e. The second-order valence-corrected chi connectivity index (χ2v) is 7.91. The van der Waals surface area contributed by atoms with Crippen LogP contribution in [0.25, 0.3) is 0 Å². The number of fused-ring (bicyclic) bond motifs is 5. The molecule has 0 saturated heterocycles. The van der Waals surface area contributed by atoms with E-state index < -0.39 is 0 Å². The lowest BCUT2D eigenvalue weighted by Crippen LogP contribution is -2.49. The van der Waals surface area contributed by atoms with Crippen LogP contribution >= 0.6 is 0 Å². The summed E-state index contributed by atoms with van der Waals surface area (Å²) in [6.45, 7) is 8.59. The topological polar surface area (TPSA) is 26.3 Å². The van der Waals surface area contributed by atoms with Gasteiger partial charge in [-0.1, -0.05) is 34.1 Å². The molecule has 0 amide bonds. The third kappa shape index (κ3) is 1.94. The molecular formula is C18H30O2. The summed E-state index contributed by atoms with van der Waals surface area (Å²) in [5, 5.41) is 0. The van der Waals surface area contributed by atoms with Crippen LogP contribution in [0.15, 0.2) is 0 Å². The molecule has 0 spiro atoms. The Morgan fingerprint density at radius 1 is 1.25 bits per heavy atom. The first-order chi connectivity index (χ1) is 9.49. The lowest BCUT2D eigenvalue weighted by Gasteiger charge is -2.45. The molecule has 20 heavy (non-hydrogen) atoms. The van der Waals surface area contributed by atoms with E-state index in [4.69, 9.17) is 4.74 Å². The van der Waals surface area contributed by atoms with Crippen LogP contribution in [0.1, 0.15) is 66.2 Å². The van der Waals surface area contributed by atoms with Crippen molar-refractivity contribution in [3.8, 4) is 0 Å². The summed E-state index contributed by atoms with van der Waals surface area (Å²) >= 11 is 0. The third-order valence-electron chi connectivity index (χ3n) is 6.80. The minimum absolute atomic E-state index is 0.0447. The molecule has 0 N–H and O–H groups in total. The van der Waals surface area contributed by atoms with Gasteiger partial charge in [0.05, 0.1) is 5.92 Å². The van der Waals surface area contributed by atoms with E-state index in [0.29, 0.717) is 11.8 Å². The van der Waals surface area contributed by atoms with E-state index in [-0.39, 0.29) is 17.5 Å². The summed E-state index contributed by atoms with van der Waals surface area (Å²) in [6.07, 6.45) is 7.55. The molecule has 6 unspecified atom stereocenters. The van der Waals surface area contributed by atoms with Crippen LogP contribution in [0.2, 0.25) is 0 Å². The molecular weight excluding hydrogens is 248 g/mol. The molecule has 0 heterocycles. The molecule has 0 aromatic heterocycles. The fraction of sp³-hybridized carbons (Fsp3) is 0.944. The summed E-state index contributed by atoms with van der Waals surface area (Å²) in [4.78, 5) is 12.4. The fourth-order valence-corrected chi connectivity index (χ4v) is 5.49. The Morgan fingerprint density at radius 3 is 2.60 bits per heavy atom. The maximum atomic E-state index is 12.4. The molecule has 2 nitrogen and oxygen atoms in total. The van der Waals surface area contributed by atoms with E-state index in [2.05, 4.69) is 20.8 Å². The first-order valence-corrected chi connectivity index (χ1v) is 8.72. The van der Waals surface area contributed by atoms with Crippen LogP contribution in [0.3, 0.4) is 0 Å². The summed E-state index contributed by atoms with van der Waals surface area (Å²) in [5.41, 5.74) is -0.142. The van der Waals surface area contributed by atoms with E-state index in [1.54, 1.807) is 0 Å². The van der Waals surface area contributed by atoms with Crippen LogP contribution in [0.5, 0.6) is 0 Å². The summed E-state index contributed by atoms with van der Waals surface area (Å²) in [5.74, 6) is 3.82. The minimum atomic E-state index is -0.142. The van der Waals surface area contributed by atoms with Gasteiger partial charge in [-0.15, -0.1) is 0 Å². The zero-order chi connectivity index (χ0) is 14.5. The van der Waals surface area contributed by atoms with Gasteiger partial charge >= 0.3 is 5.97 Å². The average molecular weight is 278 g/mol. The van der Waals surface area contributed by atoms with Crippen molar-refractivity contribution in [1.29, 1.82) is 0 Å². The number of esters is 1. The number of hydrogen-bond donors (Lipinski definition) is 0. The Kier molecular flexibility index (Phi) is 3.63. The highest BCUT2D eigenvalue weighted by molar-refractivity contribution is 5.72. The molecule has 3 rings (SSSR count). The first-order valence-electron chi connectivity index (χ1n) is 8.72. The van der Waals surface area contributed by atoms with E-state index in [1.807, 2.05) is 6.92 Å². The number of carbonyl (C=O) groups excluding carboxylic acids is 1. The zero-order valence-corrected chi connectivity index (χ0v) is 13.5. The van der Waals surface area contributed by atoms with Crippen LogP contribution in [-0.4, -0.2) is 11.6 Å². The normalized spacial score (nSPS) is 43.9. The van der Waals surface area contributed by atoms with Crippen molar-refractivity contribution in [3.63, 3.8) is 0 Å². The molecule has 0 aromatic carbocycles. The predicted molar refractivity (Wildman–Crippen MR) is 80.2 cm³/mol. The highest BCUT2D eigenvalue weighted by atomic mass is 16.6. The molecule has 3 aliphatic carbocycles. The van der Waals surface area contributed by atoms with Crippen molar-refractivity contribution >= 4 is 5.97 Å². The van der Waals surface area contributed by atoms with Gasteiger partial charge in [-0.2, -0.15) is 0 Å². The molecule has 2 bridgehead atoms. The molecule has 3 fully saturated rings. The second kappa shape index (κ2) is 5.03. The van der Waals surface area contributed by atoms with Crippen molar-refractivity contribution in [2.75, 3.05) is 0 Å². The quantitative estimate of drug-likeness (QED) is 0.711. The summed E-state index contributed by atoms with van der Waals surface area (Å²) in [7, 11) is 0. The predicted octanol–water partition coefficient (Wildman–Crippen LogP) is 4.43. The van der Waals surface area contributed by atoms with E-state index in [9.17, 15) is 4.79 Å². The van der Waals surface area contributed by atoms with Crippen LogP contribution in [-0.2, 0) is 9.53 Å². The molecule has 3 aliphatic rings. The van der Waals surface area contributed by atoms with Crippen LogP contribution < -0.4 is 0 Å². The van der Waals surface area contributed by atoms with E-state index in [1.165, 1.54) is 25.7 Å². The molecule has 0 aliphatic heterocycles. The highest BCUT2D eigenvalue weighted by Gasteiger charge is 2.63. The highest BCUT2D eigenvalue weighted by Crippen LogP contribution is 2.65. The van der Waals surface area contributed by atoms with Gasteiger partial charge in [0.15, 0.2) is 0 Å². The Labute approximate surface area is 123 Å². The number of hydrogen-bond acceptors (Lipinski definition) is 2. The van der Waals surface area contributed by atoms with Crippen molar-refractivity contribution in [1.82, 2.24) is 0 Å².